The van der Waals surface area contributed by atoms with Gasteiger partial charge in [0.05, 0.1) is 6.54 Å². The van der Waals surface area contributed by atoms with Crippen molar-refractivity contribution in [1.82, 2.24) is 0 Å². The third kappa shape index (κ3) is 3.48. The Hall–Kier alpha value is -1.03. The molecule has 18 heavy (non-hydrogen) atoms. The molecule has 1 aromatic rings. The summed E-state index contributed by atoms with van der Waals surface area (Å²) in [6, 6.07) is 4.78. The number of nitrogens with zero attached hydrogens (tertiary/aromatic N) is 1. The maximum absolute atomic E-state index is 13.2. The summed E-state index contributed by atoms with van der Waals surface area (Å²) in [5.41, 5.74) is 1.85. The number of benzene rings is 1. The van der Waals surface area contributed by atoms with Crippen molar-refractivity contribution in [1.29, 1.82) is 0 Å². The molecule has 2 rings (SSSR count). The van der Waals surface area contributed by atoms with Gasteiger partial charge in [-0.2, -0.15) is 0 Å². The van der Waals surface area contributed by atoms with Gasteiger partial charge in [0.1, 0.15) is 5.82 Å². The predicted octanol–water partition coefficient (Wildman–Crippen LogP) is 4.06. The Balaban J connectivity index is 1.97. The Morgan fingerprint density at radius 1 is 1.50 bits per heavy atom. The molecule has 1 aliphatic rings. The molecule has 0 saturated heterocycles. The summed E-state index contributed by atoms with van der Waals surface area (Å²) in [6.07, 6.45) is 1.17. The highest BCUT2D eigenvalue weighted by Crippen LogP contribution is 2.28. The van der Waals surface area contributed by atoms with Crippen LogP contribution < -0.4 is 5.32 Å². The topological polar surface area (TPSA) is 24.4 Å². The average molecular weight is 266 g/mol. The minimum atomic E-state index is -0.217. The number of rotatable bonds is 3. The Kier molecular flexibility index (Phi) is 4.27. The van der Waals surface area contributed by atoms with E-state index in [1.807, 2.05) is 6.92 Å². The molecule has 0 amide bonds. The second kappa shape index (κ2) is 5.74. The second-order valence-electron chi connectivity index (χ2n) is 5.10. The molecule has 0 radical (unpaired) electrons. The molecule has 0 saturated carbocycles. The van der Waals surface area contributed by atoms with Gasteiger partial charge in [-0.3, -0.25) is 4.99 Å². The van der Waals surface area contributed by atoms with Crippen LogP contribution in [0, 0.1) is 18.7 Å². The molecule has 1 aliphatic heterocycles. The normalized spacial score (nSPS) is 19.2. The molecular formula is C14H19FN2S. The van der Waals surface area contributed by atoms with Crippen LogP contribution in [0.1, 0.15) is 25.8 Å². The lowest BCUT2D eigenvalue weighted by molar-refractivity contribution is 0.575. The lowest BCUT2D eigenvalue weighted by atomic mass is 10.1. The van der Waals surface area contributed by atoms with Crippen molar-refractivity contribution in [3.63, 3.8) is 0 Å². The molecule has 4 heteroatoms. The summed E-state index contributed by atoms with van der Waals surface area (Å²) < 4.78 is 13.2. The van der Waals surface area contributed by atoms with Gasteiger partial charge < -0.3 is 5.32 Å². The highest BCUT2D eigenvalue weighted by molar-refractivity contribution is 8.15. The quantitative estimate of drug-likeness (QED) is 0.892. The van der Waals surface area contributed by atoms with E-state index in [1.54, 1.807) is 17.8 Å². The van der Waals surface area contributed by atoms with Gasteiger partial charge in [-0.1, -0.05) is 31.7 Å². The van der Waals surface area contributed by atoms with Crippen molar-refractivity contribution in [3.8, 4) is 0 Å². The second-order valence-corrected chi connectivity index (χ2v) is 6.39. The molecule has 1 heterocycles. The fourth-order valence-electron chi connectivity index (χ4n) is 1.98. The van der Waals surface area contributed by atoms with Crippen LogP contribution >= 0.6 is 11.8 Å². The molecule has 0 aliphatic carbocycles. The highest BCUT2D eigenvalue weighted by atomic mass is 32.2. The van der Waals surface area contributed by atoms with E-state index in [0.29, 0.717) is 11.2 Å². The van der Waals surface area contributed by atoms with Crippen LogP contribution in [0.25, 0.3) is 0 Å². The number of hydrogen-bond acceptors (Lipinski definition) is 3. The molecule has 0 aromatic heterocycles. The van der Waals surface area contributed by atoms with Crippen molar-refractivity contribution in [3.05, 3.63) is 29.6 Å². The molecule has 0 bridgehead atoms. The first-order valence-corrected chi connectivity index (χ1v) is 7.17. The van der Waals surface area contributed by atoms with E-state index < -0.39 is 0 Å². The Morgan fingerprint density at radius 2 is 2.28 bits per heavy atom. The fourth-order valence-corrected chi connectivity index (χ4v) is 3.24. The van der Waals surface area contributed by atoms with Gasteiger partial charge in [-0.25, -0.2) is 4.39 Å². The fraction of sp³-hybridized carbons (Fsp3) is 0.500. The van der Waals surface area contributed by atoms with Crippen molar-refractivity contribution in [2.75, 3.05) is 11.9 Å². The first-order chi connectivity index (χ1) is 8.54. The van der Waals surface area contributed by atoms with Crippen molar-refractivity contribution < 1.29 is 4.39 Å². The Morgan fingerprint density at radius 3 is 3.00 bits per heavy atom. The number of nitrogens with one attached hydrogen (secondary N) is 1. The van der Waals surface area contributed by atoms with Crippen LogP contribution in [-0.4, -0.2) is 17.0 Å². The minimum Gasteiger partial charge on any atom is -0.335 e. The zero-order chi connectivity index (χ0) is 13.1. The van der Waals surface area contributed by atoms with Gasteiger partial charge in [0.15, 0.2) is 5.17 Å². The summed E-state index contributed by atoms with van der Waals surface area (Å²) in [5, 5.41) is 4.69. The van der Waals surface area contributed by atoms with Gasteiger partial charge in [0, 0.05) is 10.9 Å². The zero-order valence-corrected chi connectivity index (χ0v) is 11.9. The van der Waals surface area contributed by atoms with Crippen LogP contribution in [0.5, 0.6) is 0 Å². The smallest absolute Gasteiger partial charge is 0.161 e. The van der Waals surface area contributed by atoms with Crippen molar-refractivity contribution in [2.45, 2.75) is 32.4 Å². The van der Waals surface area contributed by atoms with E-state index in [9.17, 15) is 4.39 Å². The van der Waals surface area contributed by atoms with Crippen LogP contribution in [-0.2, 0) is 0 Å². The lowest BCUT2D eigenvalue weighted by Gasteiger charge is -2.12. The summed E-state index contributed by atoms with van der Waals surface area (Å²) >= 11 is 1.76. The van der Waals surface area contributed by atoms with E-state index in [1.165, 1.54) is 18.6 Å². The van der Waals surface area contributed by atoms with Crippen molar-refractivity contribution in [2.24, 2.45) is 10.9 Å². The summed E-state index contributed by atoms with van der Waals surface area (Å²) in [7, 11) is 0. The maximum atomic E-state index is 13.2. The molecule has 98 valence electrons. The molecular weight excluding hydrogens is 247 g/mol. The van der Waals surface area contributed by atoms with E-state index >= 15 is 0 Å². The molecule has 1 N–H and O–H groups in total. The monoisotopic (exact) mass is 266 g/mol. The number of hydrogen-bond donors (Lipinski definition) is 1. The van der Waals surface area contributed by atoms with E-state index in [2.05, 4.69) is 24.2 Å². The molecule has 1 atom stereocenters. The first kappa shape index (κ1) is 13.4. The van der Waals surface area contributed by atoms with Crippen LogP contribution in [0.3, 0.4) is 0 Å². The lowest BCUT2D eigenvalue weighted by Crippen LogP contribution is -2.10. The standard InChI is InChI=1S/C14H19FN2S/c1-9(2)6-12-8-16-14(18-12)17-13-7-11(15)5-4-10(13)3/h4-5,7,9,12H,6,8H2,1-3H3,(H,16,17). The summed E-state index contributed by atoms with van der Waals surface area (Å²) in [4.78, 5) is 4.48. The van der Waals surface area contributed by atoms with Gasteiger partial charge in [0.25, 0.3) is 0 Å². The van der Waals surface area contributed by atoms with E-state index in [0.717, 1.165) is 23.0 Å². The number of halogens is 1. The Labute approximate surface area is 112 Å². The molecule has 2 nitrogen and oxygen atoms in total. The van der Waals surface area contributed by atoms with Crippen molar-refractivity contribution >= 4 is 22.6 Å². The van der Waals surface area contributed by atoms with Gasteiger partial charge >= 0.3 is 0 Å². The third-order valence-corrected chi connectivity index (χ3v) is 4.02. The largest absolute Gasteiger partial charge is 0.335 e. The molecule has 0 spiro atoms. The molecule has 0 fully saturated rings. The molecule has 1 unspecified atom stereocenters. The third-order valence-electron chi connectivity index (χ3n) is 2.89. The van der Waals surface area contributed by atoms with E-state index in [4.69, 9.17) is 0 Å². The number of thioether (sulfide) groups is 1. The number of aliphatic imine (C=N–C) groups is 1. The van der Waals surface area contributed by atoms with Crippen LogP contribution in [0.4, 0.5) is 10.1 Å². The number of anilines is 1. The summed E-state index contributed by atoms with van der Waals surface area (Å²) in [5.74, 6) is 0.471. The molecule has 1 aromatic carbocycles. The first-order valence-electron chi connectivity index (χ1n) is 6.29. The number of amidine groups is 1. The van der Waals surface area contributed by atoms with Gasteiger partial charge in [-0.15, -0.1) is 0 Å². The SMILES string of the molecule is Cc1ccc(F)cc1NC1=NCC(CC(C)C)S1. The van der Waals surface area contributed by atoms with Crippen LogP contribution in [0.2, 0.25) is 0 Å². The zero-order valence-electron chi connectivity index (χ0n) is 11.0. The van der Waals surface area contributed by atoms with Gasteiger partial charge in [0.2, 0.25) is 0 Å². The maximum Gasteiger partial charge on any atom is 0.161 e. The van der Waals surface area contributed by atoms with Gasteiger partial charge in [-0.05, 0) is 37.0 Å². The Bertz CT molecular complexity index is 457. The number of aryl methyl sites for hydroxylation is 1. The van der Waals surface area contributed by atoms with E-state index in [-0.39, 0.29) is 5.82 Å². The predicted molar refractivity (Wildman–Crippen MR) is 77.9 cm³/mol. The van der Waals surface area contributed by atoms with Crippen LogP contribution in [0.15, 0.2) is 23.2 Å². The summed E-state index contributed by atoms with van der Waals surface area (Å²) in [6.45, 7) is 7.28. The minimum absolute atomic E-state index is 0.217. The highest BCUT2D eigenvalue weighted by Gasteiger charge is 2.20. The average Bonchev–Trinajstić information content (AvgIpc) is 2.70.